The van der Waals surface area contributed by atoms with E-state index in [2.05, 4.69) is 5.32 Å². The number of nitrogens with one attached hydrogen (secondary N) is 1. The van der Waals surface area contributed by atoms with Gasteiger partial charge in [0.1, 0.15) is 17.7 Å². The molecule has 0 radical (unpaired) electrons. The van der Waals surface area contributed by atoms with Gasteiger partial charge >= 0.3 is 11.9 Å². The van der Waals surface area contributed by atoms with Crippen molar-refractivity contribution in [1.29, 1.82) is 0 Å². The van der Waals surface area contributed by atoms with Crippen molar-refractivity contribution in [2.45, 2.75) is 25.3 Å². The van der Waals surface area contributed by atoms with E-state index in [4.69, 9.17) is 4.74 Å². The first kappa shape index (κ1) is 23.4. The summed E-state index contributed by atoms with van der Waals surface area (Å²) < 4.78 is 31.9. The minimum absolute atomic E-state index is 0.0245. The van der Waals surface area contributed by atoms with Crippen LogP contribution in [0.25, 0.3) is 0 Å². The molecular weight excluding hydrogens is 418 g/mol. The van der Waals surface area contributed by atoms with Crippen LogP contribution in [0.3, 0.4) is 0 Å². The Morgan fingerprint density at radius 2 is 1.81 bits per heavy atom. The molecule has 164 valence electrons. The number of amides is 1. The average molecular weight is 436 g/mol. The summed E-state index contributed by atoms with van der Waals surface area (Å²) in [7, 11) is 0. The number of carboxylic acids is 1. The number of rotatable bonds is 9. The monoisotopic (exact) mass is 436 g/mol. The zero-order chi connectivity index (χ0) is 23.1. The highest BCUT2D eigenvalue weighted by molar-refractivity contribution is 5.97. The largest absolute Gasteiger partial charge is 0.480 e. The van der Waals surface area contributed by atoms with E-state index in [1.807, 2.05) is 0 Å². The number of aliphatic carboxylic acids is 1. The van der Waals surface area contributed by atoms with Gasteiger partial charge in [0.15, 0.2) is 0 Å². The Kier molecular flexibility index (Phi) is 7.72. The molecule has 0 saturated carbocycles. The fourth-order valence-corrected chi connectivity index (χ4v) is 2.90. The fraction of sp³-hybridized carbons (Fsp3) is 0.250. The van der Waals surface area contributed by atoms with Gasteiger partial charge in [-0.3, -0.25) is 19.7 Å². The van der Waals surface area contributed by atoms with Crippen molar-refractivity contribution >= 4 is 23.5 Å². The third-order valence-electron chi connectivity index (χ3n) is 4.35. The summed E-state index contributed by atoms with van der Waals surface area (Å²) in [5.74, 6) is -6.75. The molecule has 1 amide bonds. The topological polar surface area (TPSA) is 136 Å². The molecular formula is C20H18F2N2O7. The van der Waals surface area contributed by atoms with Crippen LogP contribution in [0.4, 0.5) is 14.5 Å². The van der Waals surface area contributed by atoms with Gasteiger partial charge in [0.2, 0.25) is 0 Å². The first-order chi connectivity index (χ1) is 14.6. The van der Waals surface area contributed by atoms with Gasteiger partial charge < -0.3 is 15.2 Å². The number of nitrogens with zero attached hydrogens (tertiary/aromatic N) is 1. The lowest BCUT2D eigenvalue weighted by molar-refractivity contribution is -0.384. The standard InChI is InChI=1S/C20H18F2N2O7/c1-2-31-17(25)10-15(11-3-6-13(7-4-11)24(29)30)18(20(27)28)23-19(26)14-8-5-12(21)9-16(14)22/h3-9,15,18H,2,10H2,1H3,(H,23,26)(H,27,28)/t15-,18-/m1/s1. The first-order valence-electron chi connectivity index (χ1n) is 9.02. The Morgan fingerprint density at radius 3 is 2.32 bits per heavy atom. The summed E-state index contributed by atoms with van der Waals surface area (Å²) in [6.45, 7) is 1.57. The van der Waals surface area contributed by atoms with Crippen LogP contribution in [0.1, 0.15) is 35.2 Å². The number of nitro benzene ring substituents is 1. The van der Waals surface area contributed by atoms with Gasteiger partial charge in [-0.1, -0.05) is 12.1 Å². The number of non-ortho nitro benzene ring substituents is 1. The zero-order valence-electron chi connectivity index (χ0n) is 16.2. The molecule has 0 fully saturated rings. The molecule has 0 aliphatic carbocycles. The SMILES string of the molecule is CCOC(=O)C[C@H](c1ccc([N+](=O)[O-])cc1)[C@@H](NC(=O)c1ccc(F)cc1F)C(=O)O. The molecule has 9 nitrogen and oxygen atoms in total. The van der Waals surface area contributed by atoms with E-state index in [0.717, 1.165) is 24.3 Å². The van der Waals surface area contributed by atoms with E-state index in [-0.39, 0.29) is 17.9 Å². The molecule has 0 spiro atoms. The van der Waals surface area contributed by atoms with E-state index in [9.17, 15) is 38.4 Å². The van der Waals surface area contributed by atoms with Crippen LogP contribution in [0.2, 0.25) is 0 Å². The van der Waals surface area contributed by atoms with Crippen molar-refractivity contribution in [3.63, 3.8) is 0 Å². The van der Waals surface area contributed by atoms with E-state index in [1.54, 1.807) is 6.92 Å². The maximum Gasteiger partial charge on any atom is 0.326 e. The average Bonchev–Trinajstić information content (AvgIpc) is 2.70. The third-order valence-corrected chi connectivity index (χ3v) is 4.35. The normalized spacial score (nSPS) is 12.5. The molecule has 31 heavy (non-hydrogen) atoms. The van der Waals surface area contributed by atoms with Gasteiger partial charge in [-0.15, -0.1) is 0 Å². The highest BCUT2D eigenvalue weighted by Gasteiger charge is 2.34. The number of hydrogen-bond donors (Lipinski definition) is 2. The molecule has 11 heteroatoms. The molecule has 2 aromatic carbocycles. The molecule has 0 aliphatic rings. The van der Waals surface area contributed by atoms with Crippen molar-refractivity contribution in [1.82, 2.24) is 5.32 Å². The molecule has 2 atom stereocenters. The maximum absolute atomic E-state index is 13.9. The summed E-state index contributed by atoms with van der Waals surface area (Å²) in [6, 6.07) is 5.18. The predicted octanol–water partition coefficient (Wildman–Crippen LogP) is 2.79. The molecule has 0 aromatic heterocycles. The maximum atomic E-state index is 13.9. The van der Waals surface area contributed by atoms with Crippen molar-refractivity contribution in [2.24, 2.45) is 0 Å². The molecule has 0 heterocycles. The van der Waals surface area contributed by atoms with Gasteiger partial charge in [0.05, 0.1) is 23.5 Å². The number of carboxylic acid groups (broad SMARTS) is 1. The summed E-state index contributed by atoms with van der Waals surface area (Å²) in [5, 5.41) is 22.7. The minimum Gasteiger partial charge on any atom is -0.480 e. The van der Waals surface area contributed by atoms with Gasteiger partial charge in [-0.25, -0.2) is 13.6 Å². The van der Waals surface area contributed by atoms with Crippen LogP contribution in [0.15, 0.2) is 42.5 Å². The zero-order valence-corrected chi connectivity index (χ0v) is 16.2. The quantitative estimate of drug-likeness (QED) is 0.350. The van der Waals surface area contributed by atoms with Gasteiger partial charge in [0.25, 0.3) is 11.6 Å². The van der Waals surface area contributed by atoms with E-state index in [1.165, 1.54) is 12.1 Å². The first-order valence-corrected chi connectivity index (χ1v) is 9.02. The van der Waals surface area contributed by atoms with Crippen molar-refractivity contribution < 1.29 is 37.9 Å². The molecule has 0 saturated heterocycles. The highest BCUT2D eigenvalue weighted by Crippen LogP contribution is 2.27. The van der Waals surface area contributed by atoms with Crippen LogP contribution < -0.4 is 5.32 Å². The second-order valence-electron chi connectivity index (χ2n) is 6.38. The van der Waals surface area contributed by atoms with Crippen molar-refractivity contribution in [2.75, 3.05) is 6.61 Å². The number of carbonyl (C=O) groups is 3. The number of esters is 1. The third kappa shape index (κ3) is 6.04. The highest BCUT2D eigenvalue weighted by atomic mass is 19.1. The van der Waals surface area contributed by atoms with Crippen LogP contribution in [-0.2, 0) is 14.3 Å². The Labute approximate surface area is 174 Å². The van der Waals surface area contributed by atoms with Crippen molar-refractivity contribution in [3.8, 4) is 0 Å². The molecule has 2 N–H and O–H groups in total. The Balaban J connectivity index is 2.40. The number of carbonyl (C=O) groups excluding carboxylic acids is 2. The van der Waals surface area contributed by atoms with Crippen molar-refractivity contribution in [3.05, 3.63) is 75.3 Å². The van der Waals surface area contributed by atoms with Crippen LogP contribution in [-0.4, -0.2) is 40.5 Å². The molecule has 2 aromatic rings. The molecule has 0 bridgehead atoms. The molecule has 0 unspecified atom stereocenters. The van der Waals surface area contributed by atoms with Crippen LogP contribution >= 0.6 is 0 Å². The number of nitro groups is 1. The second kappa shape index (κ2) is 10.2. The Bertz CT molecular complexity index is 996. The van der Waals surface area contributed by atoms with Gasteiger partial charge in [-0.2, -0.15) is 0 Å². The lowest BCUT2D eigenvalue weighted by Crippen LogP contribution is -2.46. The fourth-order valence-electron chi connectivity index (χ4n) is 2.90. The van der Waals surface area contributed by atoms with E-state index >= 15 is 0 Å². The molecule has 0 aliphatic heterocycles. The van der Waals surface area contributed by atoms with E-state index < -0.39 is 58.3 Å². The summed E-state index contributed by atoms with van der Waals surface area (Å²) >= 11 is 0. The lowest BCUT2D eigenvalue weighted by Gasteiger charge is -2.25. The van der Waals surface area contributed by atoms with Gasteiger partial charge in [0, 0.05) is 24.1 Å². The van der Waals surface area contributed by atoms with Gasteiger partial charge in [-0.05, 0) is 24.6 Å². The molecule has 2 rings (SSSR count). The smallest absolute Gasteiger partial charge is 0.326 e. The summed E-state index contributed by atoms with van der Waals surface area (Å²) in [5.41, 5.74) is -0.653. The number of benzene rings is 2. The Morgan fingerprint density at radius 1 is 1.16 bits per heavy atom. The number of ether oxygens (including phenoxy) is 1. The summed E-state index contributed by atoms with van der Waals surface area (Å²) in [6.07, 6.45) is -0.477. The lowest BCUT2D eigenvalue weighted by atomic mass is 9.88. The Hall–Kier alpha value is -3.89. The second-order valence-corrected chi connectivity index (χ2v) is 6.38. The number of halogens is 2. The number of hydrogen-bond acceptors (Lipinski definition) is 6. The predicted molar refractivity (Wildman–Crippen MR) is 102 cm³/mol. The van der Waals surface area contributed by atoms with Crippen LogP contribution in [0.5, 0.6) is 0 Å². The minimum atomic E-state index is -1.72. The van der Waals surface area contributed by atoms with E-state index in [0.29, 0.717) is 6.07 Å². The van der Waals surface area contributed by atoms with Crippen LogP contribution in [0, 0.1) is 21.7 Å². The summed E-state index contributed by atoms with van der Waals surface area (Å²) in [4.78, 5) is 46.6.